The lowest BCUT2D eigenvalue weighted by atomic mass is 10.2. The third-order valence-corrected chi connectivity index (χ3v) is 6.62. The molecule has 2 fully saturated rings. The molecule has 9 heteroatoms. The largest absolute Gasteiger partial charge is 0.379 e. The number of hydrogen-bond donors (Lipinski definition) is 1. The van der Waals surface area contributed by atoms with Crippen molar-refractivity contribution < 1.29 is 13.2 Å². The molecule has 1 aromatic carbocycles. The highest BCUT2D eigenvalue weighted by molar-refractivity contribution is 7.90. The summed E-state index contributed by atoms with van der Waals surface area (Å²) in [7, 11) is -0.442. The number of nitrogens with one attached hydrogen (secondary N) is 1. The van der Waals surface area contributed by atoms with Crippen LogP contribution in [0, 0.1) is 0 Å². The molecule has 0 radical (unpaired) electrons. The molecule has 1 aromatic rings. The molecule has 8 nitrogen and oxygen atoms in total. The summed E-state index contributed by atoms with van der Waals surface area (Å²) in [4.78, 5) is 7.35. The van der Waals surface area contributed by atoms with Crippen molar-refractivity contribution >= 4 is 21.6 Å². The number of rotatable bonds is 7. The van der Waals surface area contributed by atoms with Crippen LogP contribution in [0.1, 0.15) is 0 Å². The van der Waals surface area contributed by atoms with Gasteiger partial charge in [0.2, 0.25) is 0 Å². The molecule has 27 heavy (non-hydrogen) atoms. The van der Waals surface area contributed by atoms with Crippen molar-refractivity contribution in [1.29, 1.82) is 0 Å². The van der Waals surface area contributed by atoms with Crippen LogP contribution in [0.3, 0.4) is 0 Å². The number of benzene rings is 1. The molecular weight excluding hydrogens is 366 g/mol. The first kappa shape index (κ1) is 20.3. The van der Waals surface area contributed by atoms with Gasteiger partial charge in [0.15, 0.2) is 0 Å². The summed E-state index contributed by atoms with van der Waals surface area (Å²) in [6.07, 6.45) is 0. The summed E-state index contributed by atoms with van der Waals surface area (Å²) < 4.78 is 32.9. The number of anilines is 2. The van der Waals surface area contributed by atoms with Gasteiger partial charge in [-0.3, -0.25) is 14.5 Å². The zero-order valence-electron chi connectivity index (χ0n) is 16.3. The average molecular weight is 398 g/mol. The van der Waals surface area contributed by atoms with Gasteiger partial charge in [-0.15, -0.1) is 0 Å². The van der Waals surface area contributed by atoms with E-state index in [-0.39, 0.29) is 0 Å². The number of ether oxygens (including phenoxy) is 1. The van der Waals surface area contributed by atoms with Gasteiger partial charge >= 0.3 is 10.2 Å². The van der Waals surface area contributed by atoms with E-state index in [2.05, 4.69) is 19.4 Å². The third-order valence-electron chi connectivity index (χ3n) is 5.17. The van der Waals surface area contributed by atoms with Crippen molar-refractivity contribution in [3.8, 4) is 0 Å². The maximum atomic E-state index is 11.9. The van der Waals surface area contributed by atoms with E-state index in [4.69, 9.17) is 4.74 Å². The smallest absolute Gasteiger partial charge is 0.301 e. The van der Waals surface area contributed by atoms with Crippen LogP contribution in [-0.2, 0) is 14.9 Å². The number of hydrogen-bond acceptors (Lipinski definition) is 6. The molecule has 0 atom stereocenters. The Morgan fingerprint density at radius 2 is 1.48 bits per heavy atom. The topological polar surface area (TPSA) is 68.4 Å². The van der Waals surface area contributed by atoms with E-state index in [0.717, 1.165) is 75.6 Å². The quantitative estimate of drug-likeness (QED) is 0.717. The van der Waals surface area contributed by atoms with E-state index in [1.807, 2.05) is 24.3 Å². The Hall–Kier alpha value is -1.39. The predicted octanol–water partition coefficient (Wildman–Crippen LogP) is 0.359. The van der Waals surface area contributed by atoms with Crippen LogP contribution in [-0.4, -0.2) is 102 Å². The predicted molar refractivity (Wildman–Crippen MR) is 109 cm³/mol. The second kappa shape index (κ2) is 9.20. The molecule has 0 saturated carbocycles. The minimum Gasteiger partial charge on any atom is -0.379 e. The van der Waals surface area contributed by atoms with Gasteiger partial charge in [0.1, 0.15) is 0 Å². The number of nitrogens with zero attached hydrogens (tertiary/aromatic N) is 4. The minimum atomic E-state index is -3.46. The standard InChI is InChI=1S/C18H31N5O3S/c1-20(2)27(24,25)19-17-3-5-18(6-4-17)23-11-9-21(10-12-23)7-8-22-13-15-26-16-14-22/h3-6,19H,7-16H2,1-2H3. The molecule has 0 aliphatic carbocycles. The van der Waals surface area contributed by atoms with E-state index < -0.39 is 10.2 Å². The Balaban J connectivity index is 1.45. The van der Waals surface area contributed by atoms with Crippen LogP contribution >= 0.6 is 0 Å². The zero-order chi connectivity index (χ0) is 19.3. The molecule has 0 spiro atoms. The molecule has 2 aliphatic rings. The number of piperazine rings is 1. The SMILES string of the molecule is CN(C)S(=O)(=O)Nc1ccc(N2CCN(CCN3CCOCC3)CC2)cc1. The van der Waals surface area contributed by atoms with Crippen molar-refractivity contribution in [3.63, 3.8) is 0 Å². The van der Waals surface area contributed by atoms with Crippen LogP contribution in [0.4, 0.5) is 11.4 Å². The van der Waals surface area contributed by atoms with Gasteiger partial charge in [-0.2, -0.15) is 12.7 Å². The molecule has 0 aromatic heterocycles. The second-order valence-corrected chi connectivity index (χ2v) is 9.10. The van der Waals surface area contributed by atoms with Crippen molar-refractivity contribution in [2.45, 2.75) is 0 Å². The monoisotopic (exact) mass is 397 g/mol. The first-order valence-electron chi connectivity index (χ1n) is 9.52. The lowest BCUT2D eigenvalue weighted by molar-refractivity contribution is 0.0331. The maximum Gasteiger partial charge on any atom is 0.301 e. The fourth-order valence-corrected chi connectivity index (χ4v) is 3.93. The van der Waals surface area contributed by atoms with E-state index in [1.54, 1.807) is 0 Å². The summed E-state index contributed by atoms with van der Waals surface area (Å²) in [6.45, 7) is 10.1. The Kier molecular flexibility index (Phi) is 6.93. The van der Waals surface area contributed by atoms with Crippen molar-refractivity contribution in [2.24, 2.45) is 0 Å². The lowest BCUT2D eigenvalue weighted by Crippen LogP contribution is -2.49. The summed E-state index contributed by atoms with van der Waals surface area (Å²) in [6, 6.07) is 7.61. The first-order valence-corrected chi connectivity index (χ1v) is 11.0. The van der Waals surface area contributed by atoms with Crippen LogP contribution in [0.15, 0.2) is 24.3 Å². The van der Waals surface area contributed by atoms with E-state index in [9.17, 15) is 8.42 Å². The van der Waals surface area contributed by atoms with Crippen molar-refractivity contribution in [1.82, 2.24) is 14.1 Å². The zero-order valence-corrected chi connectivity index (χ0v) is 17.1. The molecule has 1 N–H and O–H groups in total. The summed E-state index contributed by atoms with van der Waals surface area (Å²) in [5.74, 6) is 0. The van der Waals surface area contributed by atoms with Gasteiger partial charge in [0.25, 0.3) is 0 Å². The summed E-state index contributed by atoms with van der Waals surface area (Å²) >= 11 is 0. The van der Waals surface area contributed by atoms with Crippen LogP contribution in [0.25, 0.3) is 0 Å². The van der Waals surface area contributed by atoms with Gasteiger partial charge in [-0.05, 0) is 24.3 Å². The minimum absolute atomic E-state index is 0.580. The lowest BCUT2D eigenvalue weighted by Gasteiger charge is -2.37. The maximum absolute atomic E-state index is 11.9. The third kappa shape index (κ3) is 5.79. The van der Waals surface area contributed by atoms with E-state index >= 15 is 0 Å². The van der Waals surface area contributed by atoms with Crippen molar-refractivity contribution in [2.75, 3.05) is 89.3 Å². The van der Waals surface area contributed by atoms with Crippen LogP contribution in [0.5, 0.6) is 0 Å². The fraction of sp³-hybridized carbons (Fsp3) is 0.667. The molecule has 2 heterocycles. The number of morpholine rings is 1. The molecule has 0 bridgehead atoms. The highest BCUT2D eigenvalue weighted by Gasteiger charge is 2.19. The van der Waals surface area contributed by atoms with Gasteiger partial charge in [0, 0.05) is 77.8 Å². The first-order chi connectivity index (χ1) is 12.9. The van der Waals surface area contributed by atoms with E-state index in [1.165, 1.54) is 14.1 Å². The van der Waals surface area contributed by atoms with Crippen LogP contribution < -0.4 is 9.62 Å². The Bertz CT molecular complexity index is 681. The molecule has 2 aliphatic heterocycles. The molecule has 3 rings (SSSR count). The van der Waals surface area contributed by atoms with Gasteiger partial charge in [-0.1, -0.05) is 0 Å². The molecule has 0 unspecified atom stereocenters. The summed E-state index contributed by atoms with van der Waals surface area (Å²) in [5.41, 5.74) is 1.72. The highest BCUT2D eigenvalue weighted by Crippen LogP contribution is 2.20. The average Bonchev–Trinajstić information content (AvgIpc) is 2.68. The van der Waals surface area contributed by atoms with Gasteiger partial charge in [-0.25, -0.2) is 0 Å². The Morgan fingerprint density at radius 1 is 0.926 bits per heavy atom. The van der Waals surface area contributed by atoms with Gasteiger partial charge in [0.05, 0.1) is 13.2 Å². The van der Waals surface area contributed by atoms with E-state index in [0.29, 0.717) is 5.69 Å². The highest BCUT2D eigenvalue weighted by atomic mass is 32.2. The summed E-state index contributed by atoms with van der Waals surface area (Å²) in [5, 5.41) is 0. The van der Waals surface area contributed by atoms with Gasteiger partial charge < -0.3 is 9.64 Å². The normalized spacial score (nSPS) is 20.2. The fourth-order valence-electron chi connectivity index (χ4n) is 3.32. The Labute approximate surface area is 162 Å². The molecule has 0 amide bonds. The van der Waals surface area contributed by atoms with Crippen LogP contribution in [0.2, 0.25) is 0 Å². The Morgan fingerprint density at radius 3 is 2.04 bits per heavy atom. The van der Waals surface area contributed by atoms with Crippen molar-refractivity contribution in [3.05, 3.63) is 24.3 Å². The molecule has 152 valence electrons. The second-order valence-electron chi connectivity index (χ2n) is 7.22. The molecular formula is C18H31N5O3S. The molecule has 2 saturated heterocycles.